The van der Waals surface area contributed by atoms with E-state index >= 15 is 0 Å². The van der Waals surface area contributed by atoms with Gasteiger partial charge in [-0.3, -0.25) is 9.52 Å². The Kier molecular flexibility index (Phi) is 7.58. The fourth-order valence-electron chi connectivity index (χ4n) is 8.38. The number of amides is 1. The van der Waals surface area contributed by atoms with E-state index in [1.54, 1.807) is 6.07 Å². The lowest BCUT2D eigenvalue weighted by atomic mass is 9.68. The molecule has 230 valence electrons. The second kappa shape index (κ2) is 11.1. The minimum atomic E-state index is -2.91. The van der Waals surface area contributed by atoms with E-state index in [4.69, 9.17) is 16.3 Å². The molecule has 0 aromatic heterocycles. The molecule has 2 N–H and O–H groups in total. The van der Waals surface area contributed by atoms with Crippen molar-refractivity contribution < 1.29 is 18.8 Å². The van der Waals surface area contributed by atoms with Crippen molar-refractivity contribution in [3.63, 3.8) is 0 Å². The van der Waals surface area contributed by atoms with Crippen LogP contribution in [0.2, 0.25) is 5.02 Å². The van der Waals surface area contributed by atoms with Crippen LogP contribution in [-0.4, -0.2) is 52.1 Å². The van der Waals surface area contributed by atoms with Crippen LogP contribution in [0.4, 0.5) is 5.69 Å². The molecule has 2 aromatic rings. The Hall–Kier alpha value is -2.48. The number of fused-ring (bicyclic) bond motifs is 4. The van der Waals surface area contributed by atoms with Gasteiger partial charge >= 0.3 is 0 Å². The second-order valence-corrected chi connectivity index (χ2v) is 16.5. The van der Waals surface area contributed by atoms with Crippen LogP contribution < -0.4 is 14.4 Å². The summed E-state index contributed by atoms with van der Waals surface area (Å²) in [5.74, 6) is 5.39. The third-order valence-electron chi connectivity index (χ3n) is 10.9. The largest absolute Gasteiger partial charge is 0.490 e. The molecule has 8 heteroatoms. The Morgan fingerprint density at radius 2 is 1.95 bits per heavy atom. The molecule has 7 atom stereocenters. The molecule has 5 aliphatic rings. The van der Waals surface area contributed by atoms with Crippen LogP contribution in [0.15, 0.2) is 48.6 Å². The van der Waals surface area contributed by atoms with Crippen LogP contribution in [0, 0.1) is 23.7 Å². The summed E-state index contributed by atoms with van der Waals surface area (Å²) in [5, 5.41) is 11.8. The average molecular weight is 623 g/mol. The number of aliphatic hydroxyl groups is 1. The number of halogens is 1. The van der Waals surface area contributed by atoms with Crippen LogP contribution in [0.1, 0.15) is 73.4 Å². The number of allylic oxidation sites excluding steroid dienone is 1. The van der Waals surface area contributed by atoms with Gasteiger partial charge in [-0.1, -0.05) is 36.7 Å². The number of aliphatic hydroxyl groups excluding tert-OH is 1. The maximum absolute atomic E-state index is 14.1. The van der Waals surface area contributed by atoms with Gasteiger partial charge in [-0.2, -0.15) is 0 Å². The van der Waals surface area contributed by atoms with Crippen LogP contribution in [0.25, 0.3) is 0 Å². The molecule has 1 amide bonds. The Balaban J connectivity index is 1.29. The highest BCUT2D eigenvalue weighted by molar-refractivity contribution is 7.99. The molecule has 2 bridgehead atoms. The third-order valence-corrected chi connectivity index (χ3v) is 13.4. The lowest BCUT2D eigenvalue weighted by molar-refractivity contribution is 0.0455. The molecular weight excluding hydrogens is 580 g/mol. The quantitative estimate of drug-likeness (QED) is 0.304. The van der Waals surface area contributed by atoms with Gasteiger partial charge in [-0.25, -0.2) is 4.21 Å². The molecule has 0 saturated heterocycles. The highest BCUT2D eigenvalue weighted by Gasteiger charge is 2.45. The summed E-state index contributed by atoms with van der Waals surface area (Å²) in [6.45, 7) is 4.16. The van der Waals surface area contributed by atoms with Crippen molar-refractivity contribution in [3.05, 3.63) is 70.3 Å². The van der Waals surface area contributed by atoms with Crippen LogP contribution in [0.3, 0.4) is 0 Å². The van der Waals surface area contributed by atoms with Gasteiger partial charge in [0.15, 0.2) is 0 Å². The normalized spacial score (nSPS) is 36.8. The van der Waals surface area contributed by atoms with Crippen molar-refractivity contribution in [3.8, 4) is 5.75 Å². The number of carbonyl (C=O) groups excluding carboxylic acids is 1. The van der Waals surface area contributed by atoms with E-state index in [0.29, 0.717) is 30.4 Å². The number of aryl methyl sites for hydroxylation is 1. The summed E-state index contributed by atoms with van der Waals surface area (Å²) < 4.78 is 23.5. The molecule has 2 aromatic carbocycles. The van der Waals surface area contributed by atoms with E-state index < -0.39 is 15.8 Å². The van der Waals surface area contributed by atoms with E-state index in [2.05, 4.69) is 40.6 Å². The number of hydrogen-bond donors (Lipinski definition) is 2. The van der Waals surface area contributed by atoms with Crippen LogP contribution in [-0.2, 0) is 21.5 Å². The average Bonchev–Trinajstić information content (AvgIpc) is 3.78. The minimum Gasteiger partial charge on any atom is -0.490 e. The van der Waals surface area contributed by atoms with E-state index in [-0.39, 0.29) is 28.4 Å². The van der Waals surface area contributed by atoms with Crippen molar-refractivity contribution in [2.24, 2.45) is 23.7 Å². The minimum absolute atomic E-state index is 0.0757. The first-order valence-corrected chi connectivity index (χ1v) is 18.1. The fraction of sp³-hybridized carbons (Fsp3) is 0.543. The highest BCUT2D eigenvalue weighted by Crippen LogP contribution is 2.47. The SMILES string of the molecule is C=S1(=O)NC(=O)c2ccc3c(c2)N(C[C@@H]2CC[C@H]2[C@@H](O)/C=C/C[C@H](C)[C@@H]1C1CC1)C[C@@]1(CCCc2cc(Cl)ccc21)CO3. The number of benzene rings is 2. The first kappa shape index (κ1) is 29.2. The van der Waals surface area contributed by atoms with Gasteiger partial charge in [0.2, 0.25) is 0 Å². The molecule has 2 fully saturated rings. The first-order chi connectivity index (χ1) is 20.6. The standard InChI is InChI=1S/C35H43ClN2O4S/c1-22-5-3-7-31(39)28-13-10-26(28)19-38-20-35(16-4-6-24-17-27(36)12-14-29(24)35)21-42-32-15-11-25(18-30(32)38)34(40)37-43(2,41)33(22)23-8-9-23/h3,7,11-12,14-15,17-18,22-23,26,28,31,33,39H,2,4-6,8-10,13,16,19-21H2,1H3,(H,37,40,41)/b7-3+/t22-,26-,28+,31-,33+,35-,43?/m0/s1. The highest BCUT2D eigenvalue weighted by atomic mass is 35.5. The summed E-state index contributed by atoms with van der Waals surface area (Å²) >= 11 is 6.42. The van der Waals surface area contributed by atoms with Crippen molar-refractivity contribution in [1.29, 1.82) is 0 Å². The lowest BCUT2D eigenvalue weighted by Crippen LogP contribution is -2.49. The molecule has 0 radical (unpaired) electrons. The zero-order valence-corrected chi connectivity index (χ0v) is 26.5. The molecule has 7 rings (SSSR count). The Labute approximate surface area is 261 Å². The smallest absolute Gasteiger partial charge is 0.262 e. The topological polar surface area (TPSA) is 78.9 Å². The fourth-order valence-corrected chi connectivity index (χ4v) is 10.9. The molecule has 2 aliphatic heterocycles. The van der Waals surface area contributed by atoms with Gasteiger partial charge in [0.05, 0.1) is 33.4 Å². The predicted molar refractivity (Wildman–Crippen MR) is 175 cm³/mol. The maximum Gasteiger partial charge on any atom is 0.262 e. The van der Waals surface area contributed by atoms with Crippen molar-refractivity contribution in [1.82, 2.24) is 4.72 Å². The van der Waals surface area contributed by atoms with Crippen molar-refractivity contribution in [2.45, 2.75) is 75.1 Å². The Bertz CT molecular complexity index is 1550. The van der Waals surface area contributed by atoms with E-state index in [9.17, 15) is 14.1 Å². The van der Waals surface area contributed by atoms with Gasteiger partial charge in [0.1, 0.15) is 5.75 Å². The van der Waals surface area contributed by atoms with Gasteiger partial charge in [-0.05, 0) is 122 Å². The molecule has 2 heterocycles. The molecule has 1 unspecified atom stereocenters. The predicted octanol–water partition coefficient (Wildman–Crippen LogP) is 5.94. The third kappa shape index (κ3) is 5.51. The molecule has 2 saturated carbocycles. The maximum atomic E-state index is 14.1. The summed E-state index contributed by atoms with van der Waals surface area (Å²) in [7, 11) is -2.91. The second-order valence-electron chi connectivity index (χ2n) is 13.9. The molecule has 43 heavy (non-hydrogen) atoms. The summed E-state index contributed by atoms with van der Waals surface area (Å²) in [4.78, 5) is 16.1. The Morgan fingerprint density at radius 3 is 2.72 bits per heavy atom. The number of nitrogens with one attached hydrogen (secondary N) is 1. The van der Waals surface area contributed by atoms with Gasteiger partial charge in [-0.15, -0.1) is 0 Å². The number of rotatable bonds is 1. The van der Waals surface area contributed by atoms with Gasteiger partial charge < -0.3 is 14.7 Å². The summed E-state index contributed by atoms with van der Waals surface area (Å²) in [5.41, 5.74) is 3.72. The Morgan fingerprint density at radius 1 is 1.14 bits per heavy atom. The van der Waals surface area contributed by atoms with E-state index in [1.807, 2.05) is 24.3 Å². The summed E-state index contributed by atoms with van der Waals surface area (Å²) in [6.07, 6.45) is 11.3. The van der Waals surface area contributed by atoms with Crippen molar-refractivity contribution >= 4 is 38.8 Å². The van der Waals surface area contributed by atoms with Gasteiger partial charge in [0.25, 0.3) is 5.91 Å². The molecule has 3 aliphatic carbocycles. The number of anilines is 1. The number of nitrogens with zero attached hydrogens (tertiary/aromatic N) is 1. The van der Waals surface area contributed by atoms with E-state index in [1.165, 1.54) is 11.1 Å². The number of carbonyl (C=O) groups is 1. The van der Waals surface area contributed by atoms with Gasteiger partial charge in [0, 0.05) is 29.1 Å². The molecule has 6 nitrogen and oxygen atoms in total. The number of ether oxygens (including phenoxy) is 1. The number of hydrogen-bond acceptors (Lipinski definition) is 5. The zero-order valence-electron chi connectivity index (χ0n) is 25.0. The van der Waals surface area contributed by atoms with E-state index in [0.717, 1.165) is 74.5 Å². The first-order valence-electron chi connectivity index (χ1n) is 16.0. The van der Waals surface area contributed by atoms with Crippen LogP contribution in [0.5, 0.6) is 5.75 Å². The van der Waals surface area contributed by atoms with Crippen molar-refractivity contribution in [2.75, 3.05) is 24.6 Å². The lowest BCUT2D eigenvalue weighted by Gasteiger charge is -2.45. The van der Waals surface area contributed by atoms with Crippen LogP contribution >= 0.6 is 11.6 Å². The zero-order chi connectivity index (χ0) is 29.9. The molecule has 1 spiro atoms. The summed E-state index contributed by atoms with van der Waals surface area (Å²) in [6, 6.07) is 11.9. The monoisotopic (exact) mass is 622 g/mol. The molecular formula is C35H43ClN2O4S.